The average Bonchev–Trinajstić information content (AvgIpc) is 3.32. The normalized spacial score (nSPS) is 11.9. The topological polar surface area (TPSA) is 51.2 Å². The second-order valence-electron chi connectivity index (χ2n) is 24.0. The Morgan fingerprint density at radius 2 is 0.514 bits per heavy atom. The lowest BCUT2D eigenvalue weighted by atomic mass is 9.78. The maximum Gasteiger partial charge on any atom is 0.164 e. The van der Waals surface area contributed by atoms with Crippen LogP contribution in [-0.4, -0.2) is 17.3 Å². The van der Waals surface area contributed by atoms with E-state index in [2.05, 4.69) is 61.5 Å². The molecular weight excluding hydrogens is 853 g/mol. The molecule has 0 atom stereocenters. The number of carbonyl (C=O) groups excluding carboxylic acids is 3. The van der Waals surface area contributed by atoms with Crippen molar-refractivity contribution in [2.24, 2.45) is 17.8 Å². The molecule has 70 heavy (non-hydrogen) atoms. The standard InChI is InChI=1S/C67H116O3/c1-55(2)47-39-33-27-21-15-9-12-18-24-30-36-42-52-61(68)65-60-51-46-45-50-59(60)64(58(7)8)66(62(69)53-43-37-31-25-19-13-10-16-22-28-34-40-48-56(3)4)67(65)63(70)54-44-38-32-26-20-14-11-17-23-29-35-41-49-57(5)6/h45-46,50-51,55-58H,9-44,47-49,52-54H2,1-8H3. The number of carbonyl (C=O) groups is 3. The first-order chi connectivity index (χ1) is 34.0. The van der Waals surface area contributed by atoms with Gasteiger partial charge < -0.3 is 0 Å². The van der Waals surface area contributed by atoms with Gasteiger partial charge in [-0.3, -0.25) is 14.4 Å². The maximum absolute atomic E-state index is 14.8. The summed E-state index contributed by atoms with van der Waals surface area (Å²) in [6.45, 7) is 18.3. The minimum atomic E-state index is 0.0128. The Kier molecular flexibility index (Phi) is 38.4. The molecule has 0 heterocycles. The third kappa shape index (κ3) is 30.0. The zero-order valence-electron chi connectivity index (χ0n) is 48.0. The Labute approximate surface area is 435 Å². The largest absolute Gasteiger partial charge is 0.294 e. The van der Waals surface area contributed by atoms with E-state index in [1.165, 1.54) is 193 Å². The minimum Gasteiger partial charge on any atom is -0.294 e. The second kappa shape index (κ2) is 42.1. The molecule has 402 valence electrons. The van der Waals surface area contributed by atoms with E-state index in [1.54, 1.807) is 0 Å². The van der Waals surface area contributed by atoms with Gasteiger partial charge in [-0.15, -0.1) is 0 Å². The van der Waals surface area contributed by atoms with Gasteiger partial charge in [0.15, 0.2) is 17.3 Å². The van der Waals surface area contributed by atoms with Crippen LogP contribution in [0.5, 0.6) is 0 Å². The number of rotatable bonds is 49. The molecule has 0 aliphatic carbocycles. The first-order valence-corrected chi connectivity index (χ1v) is 31.1. The predicted molar refractivity (Wildman–Crippen MR) is 309 cm³/mol. The van der Waals surface area contributed by atoms with E-state index in [4.69, 9.17) is 0 Å². The molecule has 3 nitrogen and oxygen atoms in total. The fraction of sp³-hybridized carbons (Fsp3) is 0.806. The molecule has 0 aliphatic rings. The molecule has 0 fully saturated rings. The van der Waals surface area contributed by atoms with Crippen molar-refractivity contribution in [3.63, 3.8) is 0 Å². The SMILES string of the molecule is CC(C)CCCCCCCCCCCCCCC(=O)c1c(C(=O)CCCCCCCCCCCCCCC(C)C)c(C(C)C)c2ccccc2c1C(=O)CCCCCCCCCCCCCCC(C)C. The van der Waals surface area contributed by atoms with E-state index in [9.17, 15) is 14.4 Å². The Balaban J connectivity index is 2.05. The number of hydrogen-bond donors (Lipinski definition) is 0. The van der Waals surface area contributed by atoms with Crippen LogP contribution in [0.3, 0.4) is 0 Å². The highest BCUT2D eigenvalue weighted by Gasteiger charge is 2.31. The molecule has 0 saturated carbocycles. The smallest absolute Gasteiger partial charge is 0.164 e. The number of ketones is 3. The number of benzene rings is 2. The Morgan fingerprint density at radius 3 is 0.786 bits per heavy atom. The molecule has 0 N–H and O–H groups in total. The van der Waals surface area contributed by atoms with Crippen molar-refractivity contribution in [1.29, 1.82) is 0 Å². The van der Waals surface area contributed by atoms with Crippen LogP contribution >= 0.6 is 0 Å². The third-order valence-electron chi connectivity index (χ3n) is 15.5. The van der Waals surface area contributed by atoms with Crippen molar-refractivity contribution >= 4 is 28.1 Å². The molecule has 0 aromatic heterocycles. The fourth-order valence-corrected chi connectivity index (χ4v) is 11.1. The molecule has 0 radical (unpaired) electrons. The van der Waals surface area contributed by atoms with Crippen molar-refractivity contribution in [1.82, 2.24) is 0 Å². The summed E-state index contributed by atoms with van der Waals surface area (Å²) >= 11 is 0. The van der Waals surface area contributed by atoms with E-state index in [0.29, 0.717) is 36.0 Å². The molecule has 2 rings (SSSR count). The fourth-order valence-electron chi connectivity index (χ4n) is 11.1. The molecule has 0 spiro atoms. The van der Waals surface area contributed by atoms with E-state index in [-0.39, 0.29) is 23.3 Å². The van der Waals surface area contributed by atoms with Gasteiger partial charge in [-0.25, -0.2) is 0 Å². The Bertz CT molecular complexity index is 1610. The molecule has 0 amide bonds. The lowest BCUT2D eigenvalue weighted by Gasteiger charge is -2.23. The Hall–Kier alpha value is -2.29. The first kappa shape index (κ1) is 63.8. The van der Waals surface area contributed by atoms with Gasteiger partial charge in [-0.1, -0.05) is 311 Å². The average molecular weight is 970 g/mol. The summed E-state index contributed by atoms with van der Waals surface area (Å²) in [5.74, 6) is 2.68. The summed E-state index contributed by atoms with van der Waals surface area (Å²) in [6.07, 6.45) is 50.6. The van der Waals surface area contributed by atoms with Gasteiger partial charge in [-0.2, -0.15) is 0 Å². The van der Waals surface area contributed by atoms with Crippen LogP contribution in [-0.2, 0) is 0 Å². The summed E-state index contributed by atoms with van der Waals surface area (Å²) < 4.78 is 0. The molecule has 3 heteroatoms. The highest BCUT2D eigenvalue weighted by atomic mass is 16.1. The molecule has 0 aliphatic heterocycles. The van der Waals surface area contributed by atoms with Crippen LogP contribution in [0, 0.1) is 17.8 Å². The van der Waals surface area contributed by atoms with Crippen LogP contribution in [0.15, 0.2) is 24.3 Å². The molecular formula is C67H116O3. The van der Waals surface area contributed by atoms with Crippen molar-refractivity contribution in [2.75, 3.05) is 0 Å². The third-order valence-corrected chi connectivity index (χ3v) is 15.5. The van der Waals surface area contributed by atoms with Gasteiger partial charge in [0, 0.05) is 36.0 Å². The molecule has 0 unspecified atom stereocenters. The minimum absolute atomic E-state index is 0.0128. The van der Waals surface area contributed by atoms with E-state index < -0.39 is 0 Å². The number of unbranched alkanes of at least 4 members (excludes halogenated alkanes) is 33. The quantitative estimate of drug-likeness (QED) is 0.0490. The van der Waals surface area contributed by atoms with Gasteiger partial charge in [0.1, 0.15) is 0 Å². The van der Waals surface area contributed by atoms with Gasteiger partial charge in [0.05, 0.1) is 0 Å². The van der Waals surface area contributed by atoms with Crippen LogP contribution < -0.4 is 0 Å². The predicted octanol–water partition coefficient (Wildman–Crippen LogP) is 22.9. The van der Waals surface area contributed by atoms with E-state index in [0.717, 1.165) is 91.9 Å². The lowest BCUT2D eigenvalue weighted by molar-refractivity contribution is 0.0933. The van der Waals surface area contributed by atoms with Crippen LogP contribution in [0.25, 0.3) is 10.8 Å². The summed E-state index contributed by atoms with van der Waals surface area (Å²) in [5, 5.41) is 1.86. The molecule has 2 aromatic rings. The maximum atomic E-state index is 14.8. The van der Waals surface area contributed by atoms with Gasteiger partial charge in [0.2, 0.25) is 0 Å². The van der Waals surface area contributed by atoms with Crippen LogP contribution in [0.2, 0.25) is 0 Å². The molecule has 0 bridgehead atoms. The molecule has 0 saturated heterocycles. The number of Topliss-reactive ketones (excluding diaryl/α,β-unsaturated/α-hetero) is 3. The van der Waals surface area contributed by atoms with Gasteiger partial charge in [0.25, 0.3) is 0 Å². The molecule has 2 aromatic carbocycles. The highest BCUT2D eigenvalue weighted by molar-refractivity contribution is 6.23. The summed E-state index contributed by atoms with van der Waals surface area (Å²) in [7, 11) is 0. The number of fused-ring (bicyclic) bond motifs is 1. The zero-order chi connectivity index (χ0) is 51.0. The van der Waals surface area contributed by atoms with E-state index >= 15 is 0 Å². The lowest BCUT2D eigenvalue weighted by Crippen LogP contribution is -2.20. The van der Waals surface area contributed by atoms with Crippen LogP contribution in [0.1, 0.15) is 368 Å². The second-order valence-corrected chi connectivity index (χ2v) is 24.0. The monoisotopic (exact) mass is 969 g/mol. The summed E-state index contributed by atoms with van der Waals surface area (Å²) in [6, 6.07) is 8.19. The van der Waals surface area contributed by atoms with Crippen molar-refractivity contribution in [3.05, 3.63) is 46.5 Å². The van der Waals surface area contributed by atoms with Crippen molar-refractivity contribution in [2.45, 2.75) is 331 Å². The van der Waals surface area contributed by atoms with E-state index in [1.807, 2.05) is 18.2 Å². The van der Waals surface area contributed by atoms with Crippen molar-refractivity contribution < 1.29 is 14.4 Å². The summed E-state index contributed by atoms with van der Waals surface area (Å²) in [4.78, 5) is 44.1. The van der Waals surface area contributed by atoms with Crippen molar-refractivity contribution in [3.8, 4) is 0 Å². The van der Waals surface area contributed by atoms with Crippen LogP contribution in [0.4, 0.5) is 0 Å². The summed E-state index contributed by atoms with van der Waals surface area (Å²) in [5.41, 5.74) is 2.58. The Morgan fingerprint density at radius 1 is 0.286 bits per heavy atom. The first-order valence-electron chi connectivity index (χ1n) is 31.1. The zero-order valence-corrected chi connectivity index (χ0v) is 48.0. The number of hydrogen-bond acceptors (Lipinski definition) is 3. The van der Waals surface area contributed by atoms with Gasteiger partial charge in [-0.05, 0) is 59.3 Å². The van der Waals surface area contributed by atoms with Gasteiger partial charge >= 0.3 is 0 Å². The highest BCUT2D eigenvalue weighted by Crippen LogP contribution is 2.38.